The SMILES string of the molecule is CCC1NC(=O)CN(C(C)CCc2ccco2)C1=O. The van der Waals surface area contributed by atoms with Crippen LogP contribution in [0.1, 0.15) is 32.4 Å². The van der Waals surface area contributed by atoms with Crippen LogP contribution in [-0.2, 0) is 16.0 Å². The number of rotatable bonds is 5. The standard InChI is InChI=1S/C14H20N2O3/c1-3-12-14(18)16(9-13(17)15-12)10(2)6-7-11-5-4-8-19-11/h4-5,8,10,12H,3,6-7,9H2,1-2H3,(H,15,17). The lowest BCUT2D eigenvalue weighted by molar-refractivity contribution is -0.146. The number of nitrogens with one attached hydrogen (secondary N) is 1. The van der Waals surface area contributed by atoms with Crippen molar-refractivity contribution in [2.75, 3.05) is 6.54 Å². The number of hydrogen-bond donors (Lipinski definition) is 1. The van der Waals surface area contributed by atoms with E-state index in [9.17, 15) is 9.59 Å². The van der Waals surface area contributed by atoms with E-state index in [1.807, 2.05) is 26.0 Å². The van der Waals surface area contributed by atoms with Gasteiger partial charge in [0.05, 0.1) is 12.8 Å². The second kappa shape index (κ2) is 5.91. The van der Waals surface area contributed by atoms with Crippen molar-refractivity contribution in [2.24, 2.45) is 0 Å². The summed E-state index contributed by atoms with van der Waals surface area (Å²) in [5.74, 6) is 0.859. The van der Waals surface area contributed by atoms with E-state index in [2.05, 4.69) is 5.32 Å². The van der Waals surface area contributed by atoms with Gasteiger partial charge in [-0.05, 0) is 31.9 Å². The first-order chi connectivity index (χ1) is 9.11. The van der Waals surface area contributed by atoms with Crippen molar-refractivity contribution in [3.8, 4) is 0 Å². The summed E-state index contributed by atoms with van der Waals surface area (Å²) in [5, 5.41) is 2.72. The summed E-state index contributed by atoms with van der Waals surface area (Å²) in [5.41, 5.74) is 0. The van der Waals surface area contributed by atoms with Crippen LogP contribution in [0, 0.1) is 0 Å². The molecule has 2 unspecified atom stereocenters. The van der Waals surface area contributed by atoms with E-state index in [0.717, 1.165) is 18.6 Å². The molecule has 2 heterocycles. The van der Waals surface area contributed by atoms with Gasteiger partial charge in [-0.1, -0.05) is 6.92 Å². The Morgan fingerprint density at radius 1 is 1.53 bits per heavy atom. The Balaban J connectivity index is 1.94. The number of carbonyl (C=O) groups is 2. The molecule has 1 aliphatic rings. The highest BCUT2D eigenvalue weighted by Gasteiger charge is 2.33. The van der Waals surface area contributed by atoms with E-state index in [-0.39, 0.29) is 30.4 Å². The lowest BCUT2D eigenvalue weighted by Gasteiger charge is -2.36. The van der Waals surface area contributed by atoms with Crippen LogP contribution in [-0.4, -0.2) is 35.3 Å². The fourth-order valence-electron chi connectivity index (χ4n) is 2.35. The number of furan rings is 1. The molecule has 1 aromatic rings. The van der Waals surface area contributed by atoms with Gasteiger partial charge in [0.25, 0.3) is 0 Å². The summed E-state index contributed by atoms with van der Waals surface area (Å²) in [7, 11) is 0. The van der Waals surface area contributed by atoms with E-state index in [0.29, 0.717) is 6.42 Å². The predicted octanol–water partition coefficient (Wildman–Crippen LogP) is 1.34. The third-order valence-corrected chi connectivity index (χ3v) is 3.56. The second-order valence-corrected chi connectivity index (χ2v) is 4.96. The van der Waals surface area contributed by atoms with Gasteiger partial charge >= 0.3 is 0 Å². The molecule has 19 heavy (non-hydrogen) atoms. The highest BCUT2D eigenvalue weighted by Crippen LogP contribution is 2.14. The summed E-state index contributed by atoms with van der Waals surface area (Å²) >= 11 is 0. The first kappa shape index (κ1) is 13.6. The smallest absolute Gasteiger partial charge is 0.245 e. The summed E-state index contributed by atoms with van der Waals surface area (Å²) in [6.07, 6.45) is 3.85. The van der Waals surface area contributed by atoms with E-state index in [1.54, 1.807) is 11.2 Å². The maximum atomic E-state index is 12.2. The van der Waals surface area contributed by atoms with Crippen molar-refractivity contribution in [2.45, 2.75) is 45.2 Å². The summed E-state index contributed by atoms with van der Waals surface area (Å²) in [6.45, 7) is 4.04. The van der Waals surface area contributed by atoms with Gasteiger partial charge in [0, 0.05) is 12.5 Å². The van der Waals surface area contributed by atoms with Crippen LogP contribution in [0.4, 0.5) is 0 Å². The molecule has 1 saturated heterocycles. The van der Waals surface area contributed by atoms with Gasteiger partial charge in [0.1, 0.15) is 11.8 Å². The van der Waals surface area contributed by atoms with Gasteiger partial charge < -0.3 is 14.6 Å². The molecule has 0 radical (unpaired) electrons. The van der Waals surface area contributed by atoms with E-state index in [1.165, 1.54) is 0 Å². The molecule has 2 rings (SSSR count). The number of hydrogen-bond acceptors (Lipinski definition) is 3. The van der Waals surface area contributed by atoms with Crippen molar-refractivity contribution < 1.29 is 14.0 Å². The number of nitrogens with zero attached hydrogens (tertiary/aromatic N) is 1. The maximum Gasteiger partial charge on any atom is 0.245 e. The second-order valence-electron chi connectivity index (χ2n) is 4.96. The van der Waals surface area contributed by atoms with Crippen LogP contribution in [0.25, 0.3) is 0 Å². The van der Waals surface area contributed by atoms with Gasteiger partial charge in [-0.15, -0.1) is 0 Å². The summed E-state index contributed by atoms with van der Waals surface area (Å²) in [4.78, 5) is 25.5. The Kier molecular flexibility index (Phi) is 4.24. The molecule has 5 heteroatoms. The third kappa shape index (κ3) is 3.16. The molecule has 104 valence electrons. The van der Waals surface area contributed by atoms with Crippen LogP contribution in [0.2, 0.25) is 0 Å². The number of amides is 2. The molecule has 5 nitrogen and oxygen atoms in total. The quantitative estimate of drug-likeness (QED) is 0.873. The van der Waals surface area contributed by atoms with Gasteiger partial charge in [-0.2, -0.15) is 0 Å². The summed E-state index contributed by atoms with van der Waals surface area (Å²) < 4.78 is 5.28. The van der Waals surface area contributed by atoms with Crippen molar-refractivity contribution in [3.63, 3.8) is 0 Å². The molecule has 2 amide bonds. The fourth-order valence-corrected chi connectivity index (χ4v) is 2.35. The minimum Gasteiger partial charge on any atom is -0.469 e. The lowest BCUT2D eigenvalue weighted by Crippen LogP contribution is -2.60. The minimum atomic E-state index is -0.368. The molecule has 0 saturated carbocycles. The Hall–Kier alpha value is -1.78. The first-order valence-corrected chi connectivity index (χ1v) is 6.74. The average molecular weight is 264 g/mol. The van der Waals surface area contributed by atoms with Crippen molar-refractivity contribution in [1.29, 1.82) is 0 Å². The van der Waals surface area contributed by atoms with Crippen molar-refractivity contribution >= 4 is 11.8 Å². The van der Waals surface area contributed by atoms with E-state index >= 15 is 0 Å². The summed E-state index contributed by atoms with van der Waals surface area (Å²) in [6, 6.07) is 3.45. The molecule has 0 spiro atoms. The Morgan fingerprint density at radius 3 is 2.95 bits per heavy atom. The largest absolute Gasteiger partial charge is 0.469 e. The Morgan fingerprint density at radius 2 is 2.32 bits per heavy atom. The number of piperazine rings is 1. The zero-order valence-electron chi connectivity index (χ0n) is 11.4. The van der Waals surface area contributed by atoms with Crippen molar-refractivity contribution in [1.82, 2.24) is 10.2 Å². The van der Waals surface area contributed by atoms with Crippen LogP contribution < -0.4 is 5.32 Å². The third-order valence-electron chi connectivity index (χ3n) is 3.56. The lowest BCUT2D eigenvalue weighted by atomic mass is 10.1. The molecule has 1 fully saturated rings. The molecule has 0 aromatic carbocycles. The molecular weight excluding hydrogens is 244 g/mol. The molecule has 1 aromatic heterocycles. The average Bonchev–Trinajstić information content (AvgIpc) is 2.91. The molecule has 2 atom stereocenters. The highest BCUT2D eigenvalue weighted by atomic mass is 16.3. The topological polar surface area (TPSA) is 62.6 Å². The van der Waals surface area contributed by atoms with Crippen LogP contribution >= 0.6 is 0 Å². The maximum absolute atomic E-state index is 12.2. The minimum absolute atomic E-state index is 0.0223. The van der Waals surface area contributed by atoms with Crippen LogP contribution in [0.15, 0.2) is 22.8 Å². The molecule has 1 N–H and O–H groups in total. The van der Waals surface area contributed by atoms with Crippen LogP contribution in [0.5, 0.6) is 0 Å². The molecule has 0 bridgehead atoms. The molecular formula is C14H20N2O3. The zero-order chi connectivity index (χ0) is 13.8. The van der Waals surface area contributed by atoms with Crippen molar-refractivity contribution in [3.05, 3.63) is 24.2 Å². The Bertz CT molecular complexity index is 442. The van der Waals surface area contributed by atoms with Gasteiger partial charge in [-0.25, -0.2) is 0 Å². The number of carbonyl (C=O) groups excluding carboxylic acids is 2. The highest BCUT2D eigenvalue weighted by molar-refractivity contribution is 5.94. The van der Waals surface area contributed by atoms with Crippen LogP contribution in [0.3, 0.4) is 0 Å². The van der Waals surface area contributed by atoms with Gasteiger partial charge in [0.2, 0.25) is 11.8 Å². The molecule has 0 aliphatic carbocycles. The first-order valence-electron chi connectivity index (χ1n) is 6.74. The van der Waals surface area contributed by atoms with Gasteiger partial charge in [0.15, 0.2) is 0 Å². The molecule has 1 aliphatic heterocycles. The predicted molar refractivity (Wildman–Crippen MR) is 70.4 cm³/mol. The van der Waals surface area contributed by atoms with E-state index in [4.69, 9.17) is 4.42 Å². The van der Waals surface area contributed by atoms with E-state index < -0.39 is 0 Å². The zero-order valence-corrected chi connectivity index (χ0v) is 11.4. The fraction of sp³-hybridized carbons (Fsp3) is 0.571. The normalized spacial score (nSPS) is 21.4. The van der Waals surface area contributed by atoms with Gasteiger partial charge in [-0.3, -0.25) is 9.59 Å². The Labute approximate surface area is 113 Å². The number of aryl methyl sites for hydroxylation is 1. The monoisotopic (exact) mass is 264 g/mol.